The van der Waals surface area contributed by atoms with E-state index in [0.717, 1.165) is 0 Å². The van der Waals surface area contributed by atoms with E-state index in [1.807, 2.05) is 23.1 Å². The van der Waals surface area contributed by atoms with Gasteiger partial charge in [0.1, 0.15) is 0 Å². The Morgan fingerprint density at radius 2 is 1.80 bits per heavy atom. The van der Waals surface area contributed by atoms with E-state index in [4.69, 9.17) is 5.73 Å². The largest absolute Gasteiger partial charge is 0.341 e. The molecular formula is C18H27N3O3S. The van der Waals surface area contributed by atoms with Crippen molar-refractivity contribution in [2.45, 2.75) is 18.8 Å². The molecule has 0 radical (unpaired) electrons. The minimum atomic E-state index is -3.16. The first-order valence-electron chi connectivity index (χ1n) is 8.89. The van der Waals surface area contributed by atoms with Crippen molar-refractivity contribution < 1.29 is 13.2 Å². The number of benzene rings is 1. The van der Waals surface area contributed by atoms with Crippen LogP contribution in [0.25, 0.3) is 0 Å². The number of sulfonamides is 1. The first-order chi connectivity index (χ1) is 11.9. The molecule has 2 atom stereocenters. The molecule has 1 amide bonds. The summed E-state index contributed by atoms with van der Waals surface area (Å²) in [6.07, 6.45) is 2.43. The Morgan fingerprint density at radius 3 is 2.36 bits per heavy atom. The quantitative estimate of drug-likeness (QED) is 0.858. The van der Waals surface area contributed by atoms with E-state index in [1.165, 1.54) is 16.1 Å². The van der Waals surface area contributed by atoms with Crippen molar-refractivity contribution in [2.75, 3.05) is 39.0 Å². The molecule has 0 aromatic heterocycles. The van der Waals surface area contributed by atoms with E-state index < -0.39 is 10.0 Å². The molecule has 0 unspecified atom stereocenters. The van der Waals surface area contributed by atoms with Gasteiger partial charge >= 0.3 is 0 Å². The van der Waals surface area contributed by atoms with Gasteiger partial charge in [-0.1, -0.05) is 30.3 Å². The Labute approximate surface area is 150 Å². The molecular weight excluding hydrogens is 338 g/mol. The van der Waals surface area contributed by atoms with Crippen LogP contribution in [0.5, 0.6) is 0 Å². The summed E-state index contributed by atoms with van der Waals surface area (Å²) in [6, 6.07) is 10.2. The molecule has 6 nitrogen and oxygen atoms in total. The Bertz CT molecular complexity index is 700. The second-order valence-corrected chi connectivity index (χ2v) is 9.17. The van der Waals surface area contributed by atoms with E-state index in [1.54, 1.807) is 0 Å². The molecule has 25 heavy (non-hydrogen) atoms. The van der Waals surface area contributed by atoms with Crippen LogP contribution in [0.1, 0.15) is 24.3 Å². The summed E-state index contributed by atoms with van der Waals surface area (Å²) in [7, 11) is -3.16. The highest BCUT2D eigenvalue weighted by atomic mass is 32.2. The molecule has 3 rings (SSSR count). The topological polar surface area (TPSA) is 83.7 Å². The van der Waals surface area contributed by atoms with Crippen LogP contribution < -0.4 is 5.73 Å². The van der Waals surface area contributed by atoms with Crippen LogP contribution in [0.2, 0.25) is 0 Å². The highest BCUT2D eigenvalue weighted by molar-refractivity contribution is 7.88. The van der Waals surface area contributed by atoms with Gasteiger partial charge in [0.25, 0.3) is 0 Å². The van der Waals surface area contributed by atoms with Gasteiger partial charge in [-0.15, -0.1) is 0 Å². The highest BCUT2D eigenvalue weighted by Gasteiger charge is 2.38. The van der Waals surface area contributed by atoms with Crippen molar-refractivity contribution in [3.05, 3.63) is 35.9 Å². The normalized spacial score (nSPS) is 26.1. The summed E-state index contributed by atoms with van der Waals surface area (Å²) in [5.41, 5.74) is 7.19. The molecule has 2 saturated heterocycles. The lowest BCUT2D eigenvalue weighted by molar-refractivity contribution is -0.135. The van der Waals surface area contributed by atoms with Gasteiger partial charge in [0.2, 0.25) is 15.9 Å². The maximum atomic E-state index is 12.9. The molecule has 138 valence electrons. The lowest BCUT2D eigenvalue weighted by atomic mass is 9.89. The standard InChI is InChI=1S/C18H27N3O3S/c1-25(23,24)21-9-7-15(8-10-21)18(22)20-12-16(11-19)17(13-20)14-5-3-2-4-6-14/h2-6,15-17H,7-13,19H2,1H3/t16-,17+/m1/s1. The first kappa shape index (κ1) is 18.4. The molecule has 0 bridgehead atoms. The summed E-state index contributed by atoms with van der Waals surface area (Å²) in [5, 5.41) is 0. The maximum absolute atomic E-state index is 12.9. The van der Waals surface area contributed by atoms with E-state index in [2.05, 4.69) is 12.1 Å². The number of carbonyl (C=O) groups excluding carboxylic acids is 1. The van der Waals surface area contributed by atoms with Crippen LogP contribution in [0, 0.1) is 11.8 Å². The maximum Gasteiger partial charge on any atom is 0.225 e. The van der Waals surface area contributed by atoms with Gasteiger partial charge in [-0.2, -0.15) is 0 Å². The van der Waals surface area contributed by atoms with Crippen LogP contribution in [-0.4, -0.2) is 62.5 Å². The second-order valence-electron chi connectivity index (χ2n) is 7.19. The second kappa shape index (κ2) is 7.43. The van der Waals surface area contributed by atoms with E-state index >= 15 is 0 Å². The highest BCUT2D eigenvalue weighted by Crippen LogP contribution is 2.34. The van der Waals surface area contributed by atoms with Crippen LogP contribution in [0.3, 0.4) is 0 Å². The Balaban J connectivity index is 1.64. The molecule has 7 heteroatoms. The number of piperidine rings is 1. The minimum absolute atomic E-state index is 0.0778. The summed E-state index contributed by atoms with van der Waals surface area (Å²) >= 11 is 0. The molecule has 2 N–H and O–H groups in total. The zero-order valence-corrected chi connectivity index (χ0v) is 15.5. The molecule has 0 saturated carbocycles. The smallest absolute Gasteiger partial charge is 0.225 e. The zero-order chi connectivity index (χ0) is 18.0. The zero-order valence-electron chi connectivity index (χ0n) is 14.7. The van der Waals surface area contributed by atoms with Gasteiger partial charge in [0.05, 0.1) is 6.26 Å². The fraction of sp³-hybridized carbons (Fsp3) is 0.611. The monoisotopic (exact) mass is 365 g/mol. The van der Waals surface area contributed by atoms with Gasteiger partial charge < -0.3 is 10.6 Å². The van der Waals surface area contributed by atoms with E-state index in [9.17, 15) is 13.2 Å². The fourth-order valence-corrected chi connectivity index (χ4v) is 4.93. The molecule has 0 aliphatic carbocycles. The lowest BCUT2D eigenvalue weighted by Crippen LogP contribution is -2.43. The molecule has 0 spiro atoms. The Hall–Kier alpha value is -1.44. The van der Waals surface area contributed by atoms with Crippen molar-refractivity contribution in [1.82, 2.24) is 9.21 Å². The number of hydrogen-bond acceptors (Lipinski definition) is 4. The first-order valence-corrected chi connectivity index (χ1v) is 10.7. The SMILES string of the molecule is CS(=O)(=O)N1CCC(C(=O)N2C[C@@H](CN)[C@H](c3ccccc3)C2)CC1. The predicted molar refractivity (Wildman–Crippen MR) is 97.4 cm³/mol. The summed E-state index contributed by atoms with van der Waals surface area (Å²) in [6.45, 7) is 2.84. The van der Waals surface area contributed by atoms with Crippen LogP contribution >= 0.6 is 0 Å². The Kier molecular flexibility index (Phi) is 5.46. The average molecular weight is 365 g/mol. The van der Waals surface area contributed by atoms with Gasteiger partial charge in [-0.25, -0.2) is 12.7 Å². The molecule has 2 aliphatic heterocycles. The number of nitrogens with two attached hydrogens (primary N) is 1. The van der Waals surface area contributed by atoms with Crippen LogP contribution in [-0.2, 0) is 14.8 Å². The number of rotatable bonds is 4. The number of hydrogen-bond donors (Lipinski definition) is 1. The van der Waals surface area contributed by atoms with Gasteiger partial charge in [0, 0.05) is 38.0 Å². The molecule has 1 aromatic rings. The summed E-state index contributed by atoms with van der Waals surface area (Å²) in [4.78, 5) is 14.9. The molecule has 2 fully saturated rings. The number of carbonyl (C=O) groups is 1. The van der Waals surface area contributed by atoms with Gasteiger partial charge in [-0.05, 0) is 30.9 Å². The third kappa shape index (κ3) is 4.04. The summed E-state index contributed by atoms with van der Waals surface area (Å²) in [5.74, 6) is 0.643. The third-order valence-corrected chi connectivity index (χ3v) is 6.86. The van der Waals surface area contributed by atoms with E-state index in [-0.39, 0.29) is 23.7 Å². The summed E-state index contributed by atoms with van der Waals surface area (Å²) < 4.78 is 24.7. The van der Waals surface area contributed by atoms with Crippen molar-refractivity contribution in [1.29, 1.82) is 0 Å². The number of nitrogens with zero attached hydrogens (tertiary/aromatic N) is 2. The van der Waals surface area contributed by atoms with Crippen molar-refractivity contribution in [2.24, 2.45) is 17.6 Å². The predicted octanol–water partition coefficient (Wildman–Crippen LogP) is 0.859. The Morgan fingerprint density at radius 1 is 1.16 bits per heavy atom. The molecule has 2 aliphatic rings. The van der Waals surface area contributed by atoms with E-state index in [0.29, 0.717) is 45.6 Å². The van der Waals surface area contributed by atoms with Gasteiger partial charge in [-0.3, -0.25) is 4.79 Å². The number of amides is 1. The number of likely N-dealkylation sites (tertiary alicyclic amines) is 1. The molecule has 2 heterocycles. The van der Waals surface area contributed by atoms with Gasteiger partial charge in [0.15, 0.2) is 0 Å². The van der Waals surface area contributed by atoms with Crippen molar-refractivity contribution >= 4 is 15.9 Å². The third-order valence-electron chi connectivity index (χ3n) is 5.56. The lowest BCUT2D eigenvalue weighted by Gasteiger charge is -2.31. The van der Waals surface area contributed by atoms with Crippen molar-refractivity contribution in [3.8, 4) is 0 Å². The molecule has 1 aromatic carbocycles. The average Bonchev–Trinajstić information content (AvgIpc) is 3.05. The minimum Gasteiger partial charge on any atom is -0.341 e. The van der Waals surface area contributed by atoms with Crippen LogP contribution in [0.15, 0.2) is 30.3 Å². The van der Waals surface area contributed by atoms with Crippen molar-refractivity contribution in [3.63, 3.8) is 0 Å². The fourth-order valence-electron chi connectivity index (χ4n) is 4.06. The van der Waals surface area contributed by atoms with Crippen LogP contribution in [0.4, 0.5) is 0 Å².